The number of amides is 1. The van der Waals surface area contributed by atoms with Crippen molar-refractivity contribution in [2.24, 2.45) is 0 Å². The van der Waals surface area contributed by atoms with E-state index < -0.39 is 5.91 Å². The first-order chi connectivity index (χ1) is 13.7. The largest absolute Gasteiger partial charge is 0.322 e. The predicted octanol–water partition coefficient (Wildman–Crippen LogP) is 3.89. The maximum Gasteiger partial charge on any atom is 0.274 e. The van der Waals surface area contributed by atoms with Crippen molar-refractivity contribution in [3.05, 3.63) is 84.3 Å². The van der Waals surface area contributed by atoms with Crippen LogP contribution >= 0.6 is 0 Å². The number of benzene rings is 2. The second-order valence-electron chi connectivity index (χ2n) is 5.92. The number of nitriles is 1. The molecule has 0 fully saturated rings. The Morgan fingerprint density at radius 1 is 0.964 bits per heavy atom. The lowest BCUT2D eigenvalue weighted by Crippen LogP contribution is -2.14. The summed E-state index contributed by atoms with van der Waals surface area (Å²) in [5, 5.41) is 15.8. The smallest absolute Gasteiger partial charge is 0.274 e. The van der Waals surface area contributed by atoms with Gasteiger partial charge in [-0.2, -0.15) is 5.26 Å². The molecule has 0 saturated heterocycles. The molecule has 2 heterocycles. The van der Waals surface area contributed by atoms with Gasteiger partial charge in [-0.1, -0.05) is 24.3 Å². The molecule has 2 aromatic carbocycles. The minimum atomic E-state index is -0.392. The number of carbonyl (C=O) groups is 1. The highest BCUT2D eigenvalue weighted by Crippen LogP contribution is 2.23. The number of aromatic nitrogens is 3. The first-order valence-corrected chi connectivity index (χ1v) is 8.48. The summed E-state index contributed by atoms with van der Waals surface area (Å²) in [6.45, 7) is 0. The first kappa shape index (κ1) is 17.1. The van der Waals surface area contributed by atoms with Gasteiger partial charge >= 0.3 is 0 Å². The lowest BCUT2D eigenvalue weighted by Gasteiger charge is -2.09. The minimum absolute atomic E-state index is 0.202. The summed E-state index contributed by atoms with van der Waals surface area (Å²) in [5.74, 6) is -0.104. The van der Waals surface area contributed by atoms with Crippen LogP contribution in [0.1, 0.15) is 16.1 Å². The molecule has 0 aliphatic carbocycles. The molecule has 7 nitrogen and oxygen atoms in total. The van der Waals surface area contributed by atoms with Crippen LogP contribution in [0.5, 0.6) is 0 Å². The summed E-state index contributed by atoms with van der Waals surface area (Å²) in [5.41, 5.74) is 2.73. The molecule has 0 unspecified atom stereocenters. The van der Waals surface area contributed by atoms with E-state index in [1.54, 1.807) is 30.5 Å². The molecule has 1 amide bonds. The number of fused-ring (bicyclic) bond motifs is 1. The Bertz CT molecular complexity index is 1210. The number of para-hydroxylation sites is 1. The van der Waals surface area contributed by atoms with Gasteiger partial charge in [0, 0.05) is 23.5 Å². The van der Waals surface area contributed by atoms with E-state index >= 15 is 0 Å². The van der Waals surface area contributed by atoms with E-state index in [0.717, 1.165) is 16.6 Å². The third-order valence-corrected chi connectivity index (χ3v) is 4.02. The van der Waals surface area contributed by atoms with Gasteiger partial charge in [-0.3, -0.25) is 9.78 Å². The number of anilines is 3. The second-order valence-corrected chi connectivity index (χ2v) is 5.92. The summed E-state index contributed by atoms with van der Waals surface area (Å²) in [7, 11) is 0. The van der Waals surface area contributed by atoms with Crippen LogP contribution in [0.3, 0.4) is 0 Å². The molecule has 0 aliphatic rings. The first-order valence-electron chi connectivity index (χ1n) is 8.48. The Morgan fingerprint density at radius 3 is 2.71 bits per heavy atom. The average molecular weight is 366 g/mol. The van der Waals surface area contributed by atoms with Gasteiger partial charge in [0.1, 0.15) is 5.69 Å². The van der Waals surface area contributed by atoms with Crippen LogP contribution in [0, 0.1) is 11.3 Å². The van der Waals surface area contributed by atoms with Crippen molar-refractivity contribution in [1.82, 2.24) is 15.0 Å². The Hall–Kier alpha value is -4.31. The third-order valence-electron chi connectivity index (χ3n) is 4.02. The van der Waals surface area contributed by atoms with E-state index in [1.165, 1.54) is 12.3 Å². The van der Waals surface area contributed by atoms with Gasteiger partial charge in [0.25, 0.3) is 5.91 Å². The standard InChI is InChI=1S/C21H14N6O/c22-13-14-4-1-7-16(12-14)25-20(28)18-9-11-24-21(27-18)26-17-8-2-5-15-6-3-10-23-19(15)17/h1-12H,(H,25,28)(H,24,26,27). The predicted molar refractivity (Wildman–Crippen MR) is 106 cm³/mol. The molecule has 0 spiro atoms. The van der Waals surface area contributed by atoms with E-state index in [-0.39, 0.29) is 11.6 Å². The van der Waals surface area contributed by atoms with Crippen LogP contribution in [0.15, 0.2) is 73.1 Å². The molecule has 2 N–H and O–H groups in total. The lowest BCUT2D eigenvalue weighted by molar-refractivity contribution is 0.102. The number of rotatable bonds is 4. The summed E-state index contributed by atoms with van der Waals surface area (Å²) >= 11 is 0. The maximum atomic E-state index is 12.5. The Kier molecular flexibility index (Phi) is 4.59. The van der Waals surface area contributed by atoms with Crippen molar-refractivity contribution in [3.63, 3.8) is 0 Å². The van der Waals surface area contributed by atoms with Crippen LogP contribution in [-0.4, -0.2) is 20.9 Å². The fourth-order valence-corrected chi connectivity index (χ4v) is 2.73. The molecule has 7 heteroatoms. The van der Waals surface area contributed by atoms with E-state index in [0.29, 0.717) is 11.3 Å². The molecule has 4 aromatic rings. The highest BCUT2D eigenvalue weighted by molar-refractivity contribution is 6.03. The van der Waals surface area contributed by atoms with E-state index in [4.69, 9.17) is 5.26 Å². The van der Waals surface area contributed by atoms with E-state index in [2.05, 4.69) is 25.6 Å². The van der Waals surface area contributed by atoms with Gasteiger partial charge < -0.3 is 10.6 Å². The molecule has 0 saturated carbocycles. The number of hydrogen-bond acceptors (Lipinski definition) is 6. The molecule has 0 bridgehead atoms. The third kappa shape index (κ3) is 3.61. The van der Waals surface area contributed by atoms with Crippen LogP contribution in [0.4, 0.5) is 17.3 Å². The molecular formula is C21H14N6O. The zero-order valence-electron chi connectivity index (χ0n) is 14.6. The molecule has 0 aliphatic heterocycles. The molecule has 28 heavy (non-hydrogen) atoms. The van der Waals surface area contributed by atoms with Gasteiger partial charge in [0.2, 0.25) is 5.95 Å². The maximum absolute atomic E-state index is 12.5. The highest BCUT2D eigenvalue weighted by Gasteiger charge is 2.11. The number of carbonyl (C=O) groups excluding carboxylic acids is 1. The van der Waals surface area contributed by atoms with Crippen LogP contribution < -0.4 is 10.6 Å². The summed E-state index contributed by atoms with van der Waals surface area (Å²) < 4.78 is 0. The topological polar surface area (TPSA) is 104 Å². The Labute approximate surface area is 160 Å². The van der Waals surface area contributed by atoms with Gasteiger partial charge in [0.15, 0.2) is 0 Å². The Morgan fingerprint density at radius 2 is 1.82 bits per heavy atom. The zero-order chi connectivity index (χ0) is 19.3. The van der Waals surface area contributed by atoms with Crippen molar-refractivity contribution >= 4 is 34.1 Å². The van der Waals surface area contributed by atoms with E-state index in [1.807, 2.05) is 36.4 Å². The number of pyridine rings is 1. The highest BCUT2D eigenvalue weighted by atomic mass is 16.1. The van der Waals surface area contributed by atoms with Crippen molar-refractivity contribution < 1.29 is 4.79 Å². The fourth-order valence-electron chi connectivity index (χ4n) is 2.73. The van der Waals surface area contributed by atoms with E-state index in [9.17, 15) is 4.79 Å². The van der Waals surface area contributed by atoms with Crippen LogP contribution in [0.2, 0.25) is 0 Å². The average Bonchev–Trinajstić information content (AvgIpc) is 2.74. The molecular weight excluding hydrogens is 352 g/mol. The zero-order valence-corrected chi connectivity index (χ0v) is 14.6. The van der Waals surface area contributed by atoms with Crippen LogP contribution in [-0.2, 0) is 0 Å². The summed E-state index contributed by atoms with van der Waals surface area (Å²) in [6.07, 6.45) is 3.22. The molecule has 2 aromatic heterocycles. The van der Waals surface area contributed by atoms with Crippen molar-refractivity contribution in [3.8, 4) is 6.07 Å². The molecule has 0 atom stereocenters. The fraction of sp³-hybridized carbons (Fsp3) is 0. The molecule has 0 radical (unpaired) electrons. The van der Waals surface area contributed by atoms with Gasteiger partial charge in [0.05, 0.1) is 22.8 Å². The van der Waals surface area contributed by atoms with Crippen molar-refractivity contribution in [2.75, 3.05) is 10.6 Å². The summed E-state index contributed by atoms with van der Waals surface area (Å²) in [4.78, 5) is 25.4. The Balaban J connectivity index is 1.57. The van der Waals surface area contributed by atoms with Crippen LogP contribution in [0.25, 0.3) is 10.9 Å². The SMILES string of the molecule is N#Cc1cccc(NC(=O)c2ccnc(Nc3cccc4cccnc34)n2)c1. The quantitative estimate of drug-likeness (QED) is 0.568. The molecule has 134 valence electrons. The molecule has 4 rings (SSSR count). The lowest BCUT2D eigenvalue weighted by atomic mass is 10.2. The van der Waals surface area contributed by atoms with Gasteiger partial charge in [-0.15, -0.1) is 0 Å². The minimum Gasteiger partial charge on any atom is -0.322 e. The van der Waals surface area contributed by atoms with Gasteiger partial charge in [-0.25, -0.2) is 9.97 Å². The number of nitrogens with one attached hydrogen (secondary N) is 2. The summed E-state index contributed by atoms with van der Waals surface area (Å²) in [6, 6.07) is 19.8. The monoisotopic (exact) mass is 366 g/mol. The number of nitrogens with zero attached hydrogens (tertiary/aromatic N) is 4. The second kappa shape index (κ2) is 7.51. The number of hydrogen-bond donors (Lipinski definition) is 2. The normalized spacial score (nSPS) is 10.2. The van der Waals surface area contributed by atoms with Gasteiger partial charge in [-0.05, 0) is 36.4 Å². The van der Waals surface area contributed by atoms with Crippen molar-refractivity contribution in [2.45, 2.75) is 0 Å². The van der Waals surface area contributed by atoms with Crippen molar-refractivity contribution in [1.29, 1.82) is 5.26 Å².